The van der Waals surface area contributed by atoms with E-state index in [1.165, 1.54) is 0 Å². The first-order valence-corrected chi connectivity index (χ1v) is 5.95. The van der Waals surface area contributed by atoms with Gasteiger partial charge in [-0.05, 0) is 12.5 Å². The molecule has 110 valence electrons. The molecule has 1 aromatic rings. The van der Waals surface area contributed by atoms with Gasteiger partial charge in [0, 0.05) is 25.5 Å². The summed E-state index contributed by atoms with van der Waals surface area (Å²) in [6.07, 6.45) is 3.37. The first-order valence-electron chi connectivity index (χ1n) is 5.95. The molecule has 9 heteroatoms. The van der Waals surface area contributed by atoms with Gasteiger partial charge in [0.15, 0.2) is 0 Å². The number of rotatable bonds is 8. The molecule has 0 aliphatic heterocycles. The zero-order valence-corrected chi connectivity index (χ0v) is 10.7. The highest BCUT2D eigenvalue weighted by molar-refractivity contribution is 5.86. The molecule has 0 bridgehead atoms. The van der Waals surface area contributed by atoms with E-state index in [4.69, 9.17) is 10.2 Å². The van der Waals surface area contributed by atoms with Crippen LogP contribution in [-0.4, -0.2) is 50.5 Å². The summed E-state index contributed by atoms with van der Waals surface area (Å²) < 4.78 is 1.70. The van der Waals surface area contributed by atoms with Gasteiger partial charge in [0.2, 0.25) is 0 Å². The van der Waals surface area contributed by atoms with Crippen molar-refractivity contribution in [3.05, 3.63) is 18.5 Å². The maximum absolute atomic E-state index is 11.4. The summed E-state index contributed by atoms with van der Waals surface area (Å²) in [7, 11) is 0. The molecular formula is C11H16N4O5. The summed E-state index contributed by atoms with van der Waals surface area (Å²) >= 11 is 0. The van der Waals surface area contributed by atoms with Crippen LogP contribution in [-0.2, 0) is 16.1 Å². The number of nitrogens with zero attached hydrogens (tertiary/aromatic N) is 2. The van der Waals surface area contributed by atoms with E-state index >= 15 is 0 Å². The lowest BCUT2D eigenvalue weighted by atomic mass is 10.2. The lowest BCUT2D eigenvalue weighted by Gasteiger charge is -2.13. The molecule has 2 amide bonds. The molecule has 0 spiro atoms. The van der Waals surface area contributed by atoms with Crippen molar-refractivity contribution >= 4 is 18.0 Å². The molecule has 1 rings (SSSR count). The molecular weight excluding hydrogens is 268 g/mol. The van der Waals surface area contributed by atoms with Gasteiger partial charge in [-0.1, -0.05) is 0 Å². The first kappa shape index (κ1) is 15.5. The number of carbonyl (C=O) groups is 3. The van der Waals surface area contributed by atoms with Gasteiger partial charge in [-0.15, -0.1) is 0 Å². The molecule has 0 unspecified atom stereocenters. The minimum Gasteiger partial charge on any atom is -0.481 e. The third-order valence-corrected chi connectivity index (χ3v) is 2.39. The van der Waals surface area contributed by atoms with Crippen molar-refractivity contribution in [3.63, 3.8) is 0 Å². The second-order valence-corrected chi connectivity index (χ2v) is 4.01. The fraction of sp³-hybridized carbons (Fsp3) is 0.455. The second-order valence-electron chi connectivity index (χ2n) is 4.01. The van der Waals surface area contributed by atoms with Gasteiger partial charge >= 0.3 is 18.0 Å². The quantitative estimate of drug-likeness (QED) is 0.475. The number of aliphatic carboxylic acids is 2. The number of aromatic nitrogens is 2. The van der Waals surface area contributed by atoms with Gasteiger partial charge in [-0.25, -0.2) is 9.59 Å². The number of urea groups is 1. The normalized spacial score (nSPS) is 11.6. The van der Waals surface area contributed by atoms with E-state index in [0.29, 0.717) is 19.5 Å². The van der Waals surface area contributed by atoms with Gasteiger partial charge in [0.05, 0.1) is 6.42 Å². The van der Waals surface area contributed by atoms with Crippen molar-refractivity contribution in [2.45, 2.75) is 25.4 Å². The summed E-state index contributed by atoms with van der Waals surface area (Å²) in [5.41, 5.74) is 0. The predicted octanol–water partition coefficient (Wildman–Crippen LogP) is -0.500. The third-order valence-electron chi connectivity index (χ3n) is 2.39. The number of carboxylic acids is 2. The Bertz CT molecular complexity index is 459. The number of carbonyl (C=O) groups excluding carboxylic acids is 1. The Hall–Kier alpha value is -2.58. The Morgan fingerprint density at radius 3 is 2.60 bits per heavy atom. The fourth-order valence-corrected chi connectivity index (χ4v) is 1.46. The zero-order chi connectivity index (χ0) is 15.0. The van der Waals surface area contributed by atoms with E-state index in [9.17, 15) is 14.4 Å². The van der Waals surface area contributed by atoms with Gasteiger partial charge in [-0.2, -0.15) is 5.10 Å². The van der Waals surface area contributed by atoms with Crippen LogP contribution in [0.5, 0.6) is 0 Å². The highest BCUT2D eigenvalue weighted by Crippen LogP contribution is 1.93. The summed E-state index contributed by atoms with van der Waals surface area (Å²) in [6.45, 7) is 0.940. The minimum atomic E-state index is -1.45. The molecule has 0 saturated heterocycles. The average molecular weight is 284 g/mol. The van der Waals surface area contributed by atoms with Crippen LogP contribution in [0, 0.1) is 0 Å². The molecule has 0 radical (unpaired) electrons. The Morgan fingerprint density at radius 2 is 2.05 bits per heavy atom. The molecule has 1 heterocycles. The van der Waals surface area contributed by atoms with E-state index in [0.717, 1.165) is 0 Å². The van der Waals surface area contributed by atoms with Crippen molar-refractivity contribution in [3.8, 4) is 0 Å². The van der Waals surface area contributed by atoms with Crippen LogP contribution < -0.4 is 10.6 Å². The molecule has 1 atom stereocenters. The molecule has 20 heavy (non-hydrogen) atoms. The molecule has 1 aromatic heterocycles. The lowest BCUT2D eigenvalue weighted by molar-refractivity contribution is -0.145. The van der Waals surface area contributed by atoms with Gasteiger partial charge < -0.3 is 20.8 Å². The average Bonchev–Trinajstić information content (AvgIpc) is 2.86. The van der Waals surface area contributed by atoms with Crippen LogP contribution in [0.4, 0.5) is 4.79 Å². The smallest absolute Gasteiger partial charge is 0.326 e. The Balaban J connectivity index is 2.24. The Kier molecular flexibility index (Phi) is 6.01. The van der Waals surface area contributed by atoms with E-state index in [-0.39, 0.29) is 0 Å². The fourth-order valence-electron chi connectivity index (χ4n) is 1.46. The Labute approximate surface area is 114 Å². The standard InChI is InChI=1S/C11H16N4O5/c16-9(17)7-8(10(18)19)14-11(20)12-3-1-5-15-6-2-4-13-15/h2,4,6,8H,1,3,5,7H2,(H,16,17)(H,18,19)(H2,12,14,20)/t8-/m0/s1. The van der Waals surface area contributed by atoms with E-state index in [2.05, 4.69) is 15.7 Å². The van der Waals surface area contributed by atoms with E-state index in [1.54, 1.807) is 23.1 Å². The first-order chi connectivity index (χ1) is 9.49. The van der Waals surface area contributed by atoms with Crippen molar-refractivity contribution in [1.82, 2.24) is 20.4 Å². The van der Waals surface area contributed by atoms with Crippen LogP contribution in [0.2, 0.25) is 0 Å². The molecule has 0 aromatic carbocycles. The molecule has 0 fully saturated rings. The summed E-state index contributed by atoms with van der Waals surface area (Å²) in [6, 6.07) is -0.374. The Morgan fingerprint density at radius 1 is 1.30 bits per heavy atom. The van der Waals surface area contributed by atoms with Gasteiger partial charge in [0.25, 0.3) is 0 Å². The van der Waals surface area contributed by atoms with Crippen LogP contribution in [0.1, 0.15) is 12.8 Å². The molecule has 0 aliphatic carbocycles. The van der Waals surface area contributed by atoms with Gasteiger partial charge in [-0.3, -0.25) is 9.48 Å². The van der Waals surface area contributed by atoms with Crippen molar-refractivity contribution in [1.29, 1.82) is 0 Å². The maximum Gasteiger partial charge on any atom is 0.326 e. The summed E-state index contributed by atoms with van der Waals surface area (Å²) in [5, 5.41) is 25.8. The maximum atomic E-state index is 11.4. The number of nitrogens with one attached hydrogen (secondary N) is 2. The molecule has 0 saturated carbocycles. The zero-order valence-electron chi connectivity index (χ0n) is 10.7. The topological polar surface area (TPSA) is 134 Å². The van der Waals surface area contributed by atoms with Crippen molar-refractivity contribution < 1.29 is 24.6 Å². The van der Waals surface area contributed by atoms with Crippen molar-refractivity contribution in [2.24, 2.45) is 0 Å². The number of hydrogen-bond acceptors (Lipinski definition) is 4. The van der Waals surface area contributed by atoms with Crippen LogP contribution in [0.15, 0.2) is 18.5 Å². The molecule has 0 aliphatic rings. The highest BCUT2D eigenvalue weighted by Gasteiger charge is 2.22. The molecule has 9 nitrogen and oxygen atoms in total. The number of aryl methyl sites for hydroxylation is 1. The van der Waals surface area contributed by atoms with Crippen molar-refractivity contribution in [2.75, 3.05) is 6.54 Å². The van der Waals surface area contributed by atoms with Crippen LogP contribution in [0.3, 0.4) is 0 Å². The molecule has 4 N–H and O–H groups in total. The summed E-state index contributed by atoms with van der Waals surface area (Å²) in [4.78, 5) is 32.6. The highest BCUT2D eigenvalue weighted by atomic mass is 16.4. The SMILES string of the molecule is O=C(O)C[C@H](NC(=O)NCCCn1cccn1)C(=O)O. The number of carboxylic acid groups (broad SMARTS) is 2. The van der Waals surface area contributed by atoms with E-state index in [1.807, 2.05) is 0 Å². The minimum absolute atomic E-state index is 0.325. The summed E-state index contributed by atoms with van der Waals surface area (Å²) in [5.74, 6) is -2.68. The lowest BCUT2D eigenvalue weighted by Crippen LogP contribution is -2.47. The second kappa shape index (κ2) is 7.77. The van der Waals surface area contributed by atoms with E-state index < -0.39 is 30.4 Å². The third kappa shape index (κ3) is 5.85. The van der Waals surface area contributed by atoms with Crippen LogP contribution in [0.25, 0.3) is 0 Å². The largest absolute Gasteiger partial charge is 0.481 e. The number of amides is 2. The monoisotopic (exact) mass is 284 g/mol. The predicted molar refractivity (Wildman–Crippen MR) is 67.1 cm³/mol. The number of hydrogen-bond donors (Lipinski definition) is 4. The van der Waals surface area contributed by atoms with Gasteiger partial charge in [0.1, 0.15) is 6.04 Å². The van der Waals surface area contributed by atoms with Crippen LogP contribution >= 0.6 is 0 Å².